The molecule has 2 atom stereocenters. The summed E-state index contributed by atoms with van der Waals surface area (Å²) in [6, 6.07) is 4.82. The van der Waals surface area contributed by atoms with E-state index in [1.807, 2.05) is 13.8 Å². The van der Waals surface area contributed by atoms with Gasteiger partial charge in [0.1, 0.15) is 5.82 Å². The van der Waals surface area contributed by atoms with Crippen molar-refractivity contribution in [3.8, 4) is 0 Å². The Hall–Kier alpha value is -1.46. The number of rotatable bonds is 6. The fraction of sp³-hybridized carbons (Fsp3) is 0.467. The molecule has 4 nitrogen and oxygen atoms in total. The molecule has 1 aromatic carbocycles. The summed E-state index contributed by atoms with van der Waals surface area (Å²) < 4.78 is 19.0. The summed E-state index contributed by atoms with van der Waals surface area (Å²) in [6.45, 7) is 6.99. The summed E-state index contributed by atoms with van der Waals surface area (Å²) in [4.78, 5) is 4.35. The van der Waals surface area contributed by atoms with Crippen molar-refractivity contribution in [2.75, 3.05) is 6.54 Å². The van der Waals surface area contributed by atoms with Gasteiger partial charge in [0.2, 0.25) is 5.89 Å². The van der Waals surface area contributed by atoms with Gasteiger partial charge in [-0.05, 0) is 25.6 Å². The molecule has 0 aliphatic heterocycles. The summed E-state index contributed by atoms with van der Waals surface area (Å²) in [5.41, 5.74) is 0.388. The molecule has 0 aliphatic carbocycles. The normalized spacial score (nSPS) is 14.1. The zero-order valence-corrected chi connectivity index (χ0v) is 13.1. The average Bonchev–Trinajstić information content (AvgIpc) is 2.91. The van der Waals surface area contributed by atoms with Crippen molar-refractivity contribution in [1.82, 2.24) is 15.5 Å². The SMILES string of the molecule is CCNC(C)C(C)c1nc(Cc2c(F)cccc2Cl)no1. The highest BCUT2D eigenvalue weighted by atomic mass is 35.5. The first-order valence-corrected chi connectivity index (χ1v) is 7.39. The molecule has 0 aliphatic rings. The Labute approximate surface area is 128 Å². The molecule has 2 unspecified atom stereocenters. The van der Waals surface area contributed by atoms with Crippen LogP contribution < -0.4 is 5.32 Å². The zero-order valence-electron chi connectivity index (χ0n) is 12.4. The molecule has 0 radical (unpaired) electrons. The van der Waals surface area contributed by atoms with Crippen molar-refractivity contribution in [2.24, 2.45) is 0 Å². The fourth-order valence-corrected chi connectivity index (χ4v) is 2.33. The number of hydrogen-bond donors (Lipinski definition) is 1. The maximum atomic E-state index is 13.7. The van der Waals surface area contributed by atoms with Crippen LogP contribution in [0.4, 0.5) is 4.39 Å². The van der Waals surface area contributed by atoms with Gasteiger partial charge >= 0.3 is 0 Å². The maximum absolute atomic E-state index is 13.7. The Morgan fingerprint density at radius 1 is 1.38 bits per heavy atom. The molecule has 1 heterocycles. The minimum Gasteiger partial charge on any atom is -0.339 e. The predicted octanol–water partition coefficient (Wildman–Crippen LogP) is 3.55. The highest BCUT2D eigenvalue weighted by Crippen LogP contribution is 2.23. The van der Waals surface area contributed by atoms with Crippen molar-refractivity contribution in [3.63, 3.8) is 0 Å². The van der Waals surface area contributed by atoms with Crippen LogP contribution in [-0.4, -0.2) is 22.7 Å². The molecule has 1 aromatic heterocycles. The average molecular weight is 312 g/mol. The van der Waals surface area contributed by atoms with Crippen molar-refractivity contribution in [2.45, 2.75) is 39.2 Å². The van der Waals surface area contributed by atoms with E-state index in [1.165, 1.54) is 6.07 Å². The van der Waals surface area contributed by atoms with Crippen LogP contribution in [-0.2, 0) is 6.42 Å². The third-order valence-corrected chi connectivity index (χ3v) is 3.90. The van der Waals surface area contributed by atoms with Crippen LogP contribution in [0, 0.1) is 5.82 Å². The Kier molecular flexibility index (Phi) is 5.31. The number of halogens is 2. The summed E-state index contributed by atoms with van der Waals surface area (Å²) in [5, 5.41) is 7.60. The lowest BCUT2D eigenvalue weighted by atomic mass is 10.0. The van der Waals surface area contributed by atoms with Crippen LogP contribution in [0.1, 0.15) is 44.0 Å². The molecular formula is C15H19ClFN3O. The van der Waals surface area contributed by atoms with Gasteiger partial charge in [-0.3, -0.25) is 0 Å². The van der Waals surface area contributed by atoms with Gasteiger partial charge in [0.15, 0.2) is 5.82 Å². The van der Waals surface area contributed by atoms with E-state index in [1.54, 1.807) is 12.1 Å². The second-order valence-corrected chi connectivity index (χ2v) is 5.47. The molecule has 0 amide bonds. The van der Waals surface area contributed by atoms with Crippen LogP contribution in [0.15, 0.2) is 22.7 Å². The smallest absolute Gasteiger partial charge is 0.231 e. The number of nitrogens with zero attached hydrogens (tertiary/aromatic N) is 2. The van der Waals surface area contributed by atoms with Crippen LogP contribution in [0.2, 0.25) is 5.02 Å². The van der Waals surface area contributed by atoms with Gasteiger partial charge in [-0.2, -0.15) is 4.98 Å². The molecule has 21 heavy (non-hydrogen) atoms. The highest BCUT2D eigenvalue weighted by molar-refractivity contribution is 6.31. The first kappa shape index (κ1) is 15.9. The number of likely N-dealkylation sites (N-methyl/N-ethyl adjacent to an activating group) is 1. The Morgan fingerprint density at radius 2 is 2.14 bits per heavy atom. The molecule has 1 N–H and O–H groups in total. The number of benzene rings is 1. The van der Waals surface area contributed by atoms with E-state index < -0.39 is 0 Å². The molecule has 0 spiro atoms. The predicted molar refractivity (Wildman–Crippen MR) is 80.1 cm³/mol. The lowest BCUT2D eigenvalue weighted by Crippen LogP contribution is -2.30. The second-order valence-electron chi connectivity index (χ2n) is 5.06. The van der Waals surface area contributed by atoms with Gasteiger partial charge in [-0.15, -0.1) is 0 Å². The molecule has 0 bridgehead atoms. The molecule has 0 saturated carbocycles. The molecule has 0 fully saturated rings. The molecule has 0 saturated heterocycles. The number of nitrogens with one attached hydrogen (secondary N) is 1. The van der Waals surface area contributed by atoms with E-state index >= 15 is 0 Å². The van der Waals surface area contributed by atoms with Crippen molar-refractivity contribution in [1.29, 1.82) is 0 Å². The van der Waals surface area contributed by atoms with Crippen LogP contribution in [0.5, 0.6) is 0 Å². The van der Waals surface area contributed by atoms with Gasteiger partial charge in [0.25, 0.3) is 0 Å². The third-order valence-electron chi connectivity index (χ3n) is 3.55. The van der Waals surface area contributed by atoms with Crippen LogP contribution in [0.3, 0.4) is 0 Å². The topological polar surface area (TPSA) is 51.0 Å². The van der Waals surface area contributed by atoms with Crippen molar-refractivity contribution < 1.29 is 8.91 Å². The molecule has 2 aromatic rings. The molecule has 6 heteroatoms. The van der Waals surface area contributed by atoms with E-state index in [-0.39, 0.29) is 24.2 Å². The quantitative estimate of drug-likeness (QED) is 0.886. The first-order chi connectivity index (χ1) is 10.0. The Balaban J connectivity index is 2.13. The zero-order chi connectivity index (χ0) is 15.4. The van der Waals surface area contributed by atoms with E-state index in [2.05, 4.69) is 22.4 Å². The van der Waals surface area contributed by atoms with E-state index in [9.17, 15) is 4.39 Å². The minimum absolute atomic E-state index is 0.0855. The van der Waals surface area contributed by atoms with Gasteiger partial charge in [0.05, 0.1) is 5.92 Å². The van der Waals surface area contributed by atoms with Crippen LogP contribution >= 0.6 is 11.6 Å². The van der Waals surface area contributed by atoms with E-state index in [0.717, 1.165) is 6.54 Å². The van der Waals surface area contributed by atoms with Gasteiger partial charge in [-0.25, -0.2) is 4.39 Å². The lowest BCUT2D eigenvalue weighted by molar-refractivity contribution is 0.330. The second kappa shape index (κ2) is 7.00. The molecular weight excluding hydrogens is 293 g/mol. The van der Waals surface area contributed by atoms with Crippen molar-refractivity contribution >= 4 is 11.6 Å². The van der Waals surface area contributed by atoms with Gasteiger partial charge < -0.3 is 9.84 Å². The maximum Gasteiger partial charge on any atom is 0.231 e. The number of aromatic nitrogens is 2. The highest BCUT2D eigenvalue weighted by Gasteiger charge is 2.20. The van der Waals surface area contributed by atoms with Crippen LogP contribution in [0.25, 0.3) is 0 Å². The summed E-state index contributed by atoms with van der Waals surface area (Å²) in [7, 11) is 0. The Bertz CT molecular complexity index is 582. The summed E-state index contributed by atoms with van der Waals surface area (Å²) in [5.74, 6) is 0.712. The summed E-state index contributed by atoms with van der Waals surface area (Å²) in [6.07, 6.45) is 0.220. The largest absolute Gasteiger partial charge is 0.339 e. The Morgan fingerprint density at radius 3 is 2.81 bits per heavy atom. The van der Waals surface area contributed by atoms with Gasteiger partial charge in [0, 0.05) is 23.0 Å². The monoisotopic (exact) mass is 311 g/mol. The third kappa shape index (κ3) is 3.80. The summed E-state index contributed by atoms with van der Waals surface area (Å²) >= 11 is 6.00. The van der Waals surface area contributed by atoms with Gasteiger partial charge in [-0.1, -0.05) is 36.7 Å². The standard InChI is InChI=1S/C15H19ClFN3O/c1-4-18-10(3)9(2)15-19-14(20-21-15)8-11-12(16)6-5-7-13(11)17/h5-7,9-10,18H,4,8H2,1-3H3. The van der Waals surface area contributed by atoms with Crippen molar-refractivity contribution in [3.05, 3.63) is 46.3 Å². The number of hydrogen-bond acceptors (Lipinski definition) is 4. The first-order valence-electron chi connectivity index (χ1n) is 7.01. The van der Waals surface area contributed by atoms with E-state index in [4.69, 9.17) is 16.1 Å². The molecule has 2 rings (SSSR count). The minimum atomic E-state index is -0.358. The lowest BCUT2D eigenvalue weighted by Gasteiger charge is -2.16. The molecule has 114 valence electrons. The fourth-order valence-electron chi connectivity index (χ4n) is 2.10. The van der Waals surface area contributed by atoms with E-state index in [0.29, 0.717) is 22.3 Å².